The van der Waals surface area contributed by atoms with E-state index < -0.39 is 5.97 Å². The maximum atomic E-state index is 12.0. The van der Waals surface area contributed by atoms with E-state index in [9.17, 15) is 9.59 Å². The summed E-state index contributed by atoms with van der Waals surface area (Å²) in [5, 5.41) is 11.6. The van der Waals surface area contributed by atoms with Crippen LogP contribution in [0.15, 0.2) is 0 Å². The lowest BCUT2D eigenvalue weighted by atomic mass is 9.51. The first-order valence-electron chi connectivity index (χ1n) is 6.76. The van der Waals surface area contributed by atoms with E-state index >= 15 is 0 Å². The average molecular weight is 270 g/mol. The number of carbonyl (C=O) groups is 2. The molecule has 19 heavy (non-hydrogen) atoms. The molecule has 0 saturated heterocycles. The van der Waals surface area contributed by atoms with Crippen molar-refractivity contribution in [1.29, 1.82) is 0 Å². The Kier molecular flexibility index (Phi) is 3.99. The second-order valence-electron chi connectivity index (χ2n) is 5.61. The number of hydrogen-bond acceptors (Lipinski definition) is 3. The minimum atomic E-state index is -0.891. The van der Waals surface area contributed by atoms with Crippen LogP contribution in [-0.4, -0.2) is 54.9 Å². The molecular weight excluding hydrogens is 248 g/mol. The van der Waals surface area contributed by atoms with Crippen molar-refractivity contribution >= 4 is 12.0 Å². The molecule has 2 N–H and O–H groups in total. The largest absolute Gasteiger partial charge is 0.481 e. The molecule has 0 aliphatic heterocycles. The molecule has 0 aromatic carbocycles. The van der Waals surface area contributed by atoms with Crippen LogP contribution in [0.5, 0.6) is 0 Å². The Morgan fingerprint density at radius 1 is 1.47 bits per heavy atom. The summed E-state index contributed by atoms with van der Waals surface area (Å²) in [6.07, 6.45) is 4.50. The molecule has 2 aliphatic carbocycles. The summed E-state index contributed by atoms with van der Waals surface area (Å²) in [7, 11) is 3.35. The van der Waals surface area contributed by atoms with Gasteiger partial charge in [0.15, 0.2) is 0 Å². The second-order valence-corrected chi connectivity index (χ2v) is 5.61. The number of nitrogens with zero attached hydrogens (tertiary/aromatic N) is 1. The van der Waals surface area contributed by atoms with Crippen molar-refractivity contribution in [1.82, 2.24) is 10.2 Å². The number of carbonyl (C=O) groups excluding carboxylic acids is 1. The van der Waals surface area contributed by atoms with E-state index in [2.05, 4.69) is 5.32 Å². The maximum Gasteiger partial charge on any atom is 0.317 e. The van der Waals surface area contributed by atoms with Crippen molar-refractivity contribution in [2.45, 2.75) is 44.2 Å². The SMILES string of the molecule is COC1CC(NC(=O)N(C)CCC(=O)O)C12CCC2. The molecule has 0 aromatic heterocycles. The minimum absolute atomic E-state index is 0.0274. The number of carboxylic acid groups (broad SMARTS) is 1. The molecule has 0 aromatic rings. The van der Waals surface area contributed by atoms with Gasteiger partial charge >= 0.3 is 12.0 Å². The van der Waals surface area contributed by atoms with Crippen LogP contribution < -0.4 is 5.32 Å². The number of nitrogens with one attached hydrogen (secondary N) is 1. The van der Waals surface area contributed by atoms with E-state index in [0.717, 1.165) is 19.3 Å². The third-order valence-electron chi connectivity index (χ3n) is 4.66. The third-order valence-corrected chi connectivity index (χ3v) is 4.66. The molecule has 0 radical (unpaired) electrons. The molecule has 2 rings (SSSR count). The number of carboxylic acids is 1. The molecule has 0 heterocycles. The summed E-state index contributed by atoms with van der Waals surface area (Å²) in [6, 6.07) is -0.0157. The van der Waals surface area contributed by atoms with Gasteiger partial charge in [-0.2, -0.15) is 0 Å². The van der Waals surface area contributed by atoms with E-state index in [0.29, 0.717) is 0 Å². The second kappa shape index (κ2) is 5.36. The predicted octanol–water partition coefficient (Wildman–Crippen LogP) is 1.06. The minimum Gasteiger partial charge on any atom is -0.481 e. The van der Waals surface area contributed by atoms with Crippen LogP contribution in [0.1, 0.15) is 32.1 Å². The Morgan fingerprint density at radius 2 is 2.16 bits per heavy atom. The van der Waals surface area contributed by atoms with Gasteiger partial charge in [-0.25, -0.2) is 4.79 Å². The van der Waals surface area contributed by atoms with Crippen LogP contribution >= 0.6 is 0 Å². The Morgan fingerprint density at radius 3 is 2.63 bits per heavy atom. The molecule has 6 nitrogen and oxygen atoms in total. The van der Waals surface area contributed by atoms with Gasteiger partial charge in [0.05, 0.1) is 12.5 Å². The van der Waals surface area contributed by atoms with Crippen LogP contribution in [0.25, 0.3) is 0 Å². The van der Waals surface area contributed by atoms with Crippen LogP contribution in [0.3, 0.4) is 0 Å². The molecule has 2 aliphatic rings. The van der Waals surface area contributed by atoms with E-state index in [1.54, 1.807) is 14.2 Å². The van der Waals surface area contributed by atoms with Gasteiger partial charge in [0, 0.05) is 32.2 Å². The Hall–Kier alpha value is -1.30. The normalized spacial score (nSPS) is 27.3. The Labute approximate surface area is 113 Å². The van der Waals surface area contributed by atoms with Crippen LogP contribution in [0, 0.1) is 5.41 Å². The lowest BCUT2D eigenvalue weighted by Crippen LogP contribution is -2.68. The highest BCUT2D eigenvalue weighted by atomic mass is 16.5. The standard InChI is InChI=1S/C13H22N2O4/c1-15(7-4-11(16)17)12(18)14-9-8-10(19-2)13(9)5-3-6-13/h9-10H,3-8H2,1-2H3,(H,14,18)(H,16,17). The van der Waals surface area contributed by atoms with Crippen LogP contribution in [0.2, 0.25) is 0 Å². The molecule has 6 heteroatoms. The number of ether oxygens (including phenoxy) is 1. The van der Waals surface area contributed by atoms with Crippen molar-refractivity contribution in [3.8, 4) is 0 Å². The smallest absolute Gasteiger partial charge is 0.317 e. The summed E-state index contributed by atoms with van der Waals surface area (Å²) in [5.74, 6) is -0.891. The van der Waals surface area contributed by atoms with Gasteiger partial charge in [-0.3, -0.25) is 4.79 Å². The number of amides is 2. The summed E-state index contributed by atoms with van der Waals surface area (Å²) >= 11 is 0. The molecule has 2 unspecified atom stereocenters. The molecule has 1 spiro atoms. The summed E-state index contributed by atoms with van der Waals surface area (Å²) in [4.78, 5) is 23.9. The van der Waals surface area contributed by atoms with Gasteiger partial charge in [-0.15, -0.1) is 0 Å². The highest BCUT2D eigenvalue weighted by Gasteiger charge is 2.59. The number of rotatable bonds is 5. The van der Waals surface area contributed by atoms with Gasteiger partial charge in [0.1, 0.15) is 0 Å². The van der Waals surface area contributed by atoms with E-state index in [1.165, 1.54) is 11.3 Å². The molecule has 2 atom stereocenters. The van der Waals surface area contributed by atoms with E-state index in [1.807, 2.05) is 0 Å². The lowest BCUT2D eigenvalue weighted by Gasteiger charge is -2.60. The number of aliphatic carboxylic acids is 1. The molecule has 2 amide bonds. The van der Waals surface area contributed by atoms with E-state index in [4.69, 9.17) is 9.84 Å². The van der Waals surface area contributed by atoms with Gasteiger partial charge < -0.3 is 20.1 Å². The van der Waals surface area contributed by atoms with Gasteiger partial charge in [0.25, 0.3) is 0 Å². The molecule has 108 valence electrons. The zero-order chi connectivity index (χ0) is 14.0. The fourth-order valence-corrected chi connectivity index (χ4v) is 3.16. The van der Waals surface area contributed by atoms with Crippen molar-refractivity contribution in [3.63, 3.8) is 0 Å². The number of hydrogen-bond donors (Lipinski definition) is 2. The topological polar surface area (TPSA) is 78.9 Å². The molecule has 2 saturated carbocycles. The number of methoxy groups -OCH3 is 1. The van der Waals surface area contributed by atoms with Crippen LogP contribution in [0.4, 0.5) is 4.79 Å². The van der Waals surface area contributed by atoms with E-state index in [-0.39, 0.29) is 36.6 Å². The van der Waals surface area contributed by atoms with Gasteiger partial charge in [0.2, 0.25) is 0 Å². The monoisotopic (exact) mass is 270 g/mol. The first-order valence-corrected chi connectivity index (χ1v) is 6.76. The predicted molar refractivity (Wildman–Crippen MR) is 68.9 cm³/mol. The van der Waals surface area contributed by atoms with Crippen molar-refractivity contribution in [3.05, 3.63) is 0 Å². The average Bonchev–Trinajstić information content (AvgIpc) is 2.28. The quantitative estimate of drug-likeness (QED) is 0.783. The fourth-order valence-electron chi connectivity index (χ4n) is 3.16. The van der Waals surface area contributed by atoms with Crippen molar-refractivity contribution in [2.75, 3.05) is 20.7 Å². The zero-order valence-electron chi connectivity index (χ0n) is 11.5. The maximum absolute atomic E-state index is 12.0. The third kappa shape index (κ3) is 2.54. The first kappa shape index (κ1) is 14.1. The Bertz CT molecular complexity index is 368. The molecule has 0 bridgehead atoms. The number of urea groups is 1. The highest BCUT2D eigenvalue weighted by Crippen LogP contribution is 2.57. The van der Waals surface area contributed by atoms with Crippen molar-refractivity contribution in [2.24, 2.45) is 5.41 Å². The molecule has 2 fully saturated rings. The highest BCUT2D eigenvalue weighted by molar-refractivity contribution is 5.75. The van der Waals surface area contributed by atoms with Crippen LogP contribution in [-0.2, 0) is 9.53 Å². The lowest BCUT2D eigenvalue weighted by molar-refractivity contribution is -0.158. The summed E-state index contributed by atoms with van der Waals surface area (Å²) in [6.45, 7) is 0.231. The van der Waals surface area contributed by atoms with Gasteiger partial charge in [-0.1, -0.05) is 6.42 Å². The Balaban J connectivity index is 1.81. The summed E-state index contributed by atoms with van der Waals surface area (Å²) < 4.78 is 5.45. The molecular formula is C13H22N2O4. The summed E-state index contributed by atoms with van der Waals surface area (Å²) in [5.41, 5.74) is 0.137. The fraction of sp³-hybridized carbons (Fsp3) is 0.846. The first-order chi connectivity index (χ1) is 8.99. The zero-order valence-corrected chi connectivity index (χ0v) is 11.5. The van der Waals surface area contributed by atoms with Gasteiger partial charge in [-0.05, 0) is 19.3 Å². The van der Waals surface area contributed by atoms with Crippen molar-refractivity contribution < 1.29 is 19.4 Å².